The summed E-state index contributed by atoms with van der Waals surface area (Å²) in [6.07, 6.45) is 21.9. The smallest absolute Gasteiger partial charge is 0.317 e. The number of aliphatic imine (C=N–C) groups is 2. The van der Waals surface area contributed by atoms with Crippen LogP contribution in [0.2, 0.25) is 0 Å². The number of primary amides is 1. The number of unbranched alkanes of at least 4 members (excludes halogenated alkanes) is 14. The van der Waals surface area contributed by atoms with Crippen LogP contribution in [0.4, 0.5) is 0 Å². The monoisotopic (exact) mass is 2070 g/mol. The Bertz CT molecular complexity index is 5070. The number of allylic oxidation sites excluding steroid dienone is 2. The molecule has 814 valence electrons. The molecular weight excluding hydrogens is 1930 g/mol. The number of hydrogen-bond acceptors (Lipinski definition) is 28. The lowest BCUT2D eigenvalue weighted by molar-refractivity contribution is -0.148. The summed E-state index contributed by atoms with van der Waals surface area (Å²) >= 11 is 0. The molecule has 51 nitrogen and oxygen atoms in total. The van der Waals surface area contributed by atoms with Gasteiger partial charge in [0, 0.05) is 138 Å². The molecule has 51 heteroatoms. The van der Waals surface area contributed by atoms with Crippen LogP contribution in [0.5, 0.6) is 0 Å². The molecule has 16 amide bonds. The van der Waals surface area contributed by atoms with E-state index in [0.29, 0.717) is 48.0 Å². The zero-order valence-electron chi connectivity index (χ0n) is 84.0. The van der Waals surface area contributed by atoms with Gasteiger partial charge in [0.05, 0.1) is 45.9 Å². The van der Waals surface area contributed by atoms with Crippen molar-refractivity contribution in [2.75, 3.05) is 91.9 Å². The molecule has 0 spiro atoms. The van der Waals surface area contributed by atoms with Crippen LogP contribution in [0.1, 0.15) is 237 Å². The van der Waals surface area contributed by atoms with Crippen molar-refractivity contribution in [3.05, 3.63) is 65.4 Å². The van der Waals surface area contributed by atoms with E-state index >= 15 is 19.2 Å². The van der Waals surface area contributed by atoms with E-state index in [2.05, 4.69) is 110 Å². The van der Waals surface area contributed by atoms with E-state index in [0.717, 1.165) is 61.1 Å². The third-order valence-electron chi connectivity index (χ3n) is 25.6. The van der Waals surface area contributed by atoms with Crippen molar-refractivity contribution in [1.29, 1.82) is 5.41 Å². The van der Waals surface area contributed by atoms with Crippen molar-refractivity contribution in [2.45, 2.75) is 305 Å². The molecule has 0 saturated carbocycles. The normalized spacial score (nSPS) is 19.2. The van der Waals surface area contributed by atoms with Crippen LogP contribution in [0.3, 0.4) is 0 Å². The molecular formula is C97H147N27O24. The number of tetrazole rings is 1. The molecule has 0 unspecified atom stereocenters. The van der Waals surface area contributed by atoms with Gasteiger partial charge >= 0.3 is 17.9 Å². The van der Waals surface area contributed by atoms with Crippen LogP contribution >= 0.6 is 0 Å². The molecule has 0 bridgehead atoms. The highest BCUT2D eigenvalue weighted by Crippen LogP contribution is 2.29. The molecule has 0 radical (unpaired) electrons. The van der Waals surface area contributed by atoms with Gasteiger partial charge in [0.2, 0.25) is 94.5 Å². The molecule has 3 saturated heterocycles. The topological polar surface area (TPSA) is 752 Å². The number of carboxylic acid groups (broad SMARTS) is 3. The number of nitrogens with one attached hydrogen (secondary N) is 17. The number of nitrogens with zero attached hydrogens (tertiary/aromatic N) is 8. The second-order valence-electron chi connectivity index (χ2n) is 37.3. The molecule has 3 fully saturated rings. The number of nitrogens with two attached hydrogens (primary N) is 2. The standard InChI is InChI=1S/C97H147N27O24/c1-61(125)109-71-39-44-104-80(127)55-75(117-92(142)72(52-62-56-107-66-29-16-15-28-65(62)66)114-88(138)68(32-23-43-106-97(99)100)110-81(128)57-108-87(137)73(115-91(71)141)53-63-26-21-41-101-63)95(145)124-48-25-34-77(124)96(146)123-47-24-33-76(123)94(144)116-74(54-64-27-22-42-102-64)93(143)113-70(37-38-83(130)131)90(140)112-69(31-18-20-46-122(58-84(132)133)59-85(134)135)89(139)111-67(86(98)136)30-17-19-40-103-82(129)60-148-51-50-147-49-45-105-79(126)36-14-12-10-8-6-4-2-3-5-7-9-11-13-35-78-118-120-121-119-78/h15-16,26-29,41-42,56,67-77,107H,2-14,17-25,30-40,43-55,57-60H2,1H3,(H2,98,136)(H,103,129)(H,104,127)(H,105,126)(H,108,137)(H,109,125)(H,110,128)(H,111,139)(H,112,140)(H,113,143)(H,114,138)(H,115,141)(H,116,144)(H,117,142)(H,130,131)(H,132,133)(H,134,135)(H4,99,100,106)(H,118,119,120,121)/t67-,68-,69-,70-,71-,72-,73-,74-,75-,76-,77-/m0/s1. The quantitative estimate of drug-likeness (QED) is 0.0174. The first kappa shape index (κ1) is 119. The summed E-state index contributed by atoms with van der Waals surface area (Å²) in [5.74, 6) is -17.3. The van der Waals surface area contributed by atoms with Crippen LogP contribution < -0.4 is 85.9 Å². The van der Waals surface area contributed by atoms with E-state index in [1.165, 1.54) is 62.5 Å². The summed E-state index contributed by atoms with van der Waals surface area (Å²) in [7, 11) is 0. The van der Waals surface area contributed by atoms with Crippen LogP contribution in [-0.2, 0) is 113 Å². The largest absolute Gasteiger partial charge is 0.481 e. The lowest BCUT2D eigenvalue weighted by atomic mass is 10.0. The minimum absolute atomic E-state index is 0.0154. The third-order valence-corrected chi connectivity index (χ3v) is 25.6. The van der Waals surface area contributed by atoms with Crippen LogP contribution in [-0.4, -0.2) is 345 Å². The third kappa shape index (κ3) is 44.2. The average molecular weight is 2080 g/mol. The number of carboxylic acids is 3. The first-order valence-electron chi connectivity index (χ1n) is 51.2. The van der Waals surface area contributed by atoms with Crippen molar-refractivity contribution in [2.24, 2.45) is 21.5 Å². The molecule has 7 heterocycles. The fourth-order valence-corrected chi connectivity index (χ4v) is 17.9. The van der Waals surface area contributed by atoms with Crippen LogP contribution in [0.15, 0.2) is 64.0 Å². The molecule has 0 aliphatic carbocycles. The van der Waals surface area contributed by atoms with Crippen molar-refractivity contribution in [1.82, 2.24) is 115 Å². The van der Waals surface area contributed by atoms with Gasteiger partial charge in [-0.05, 0) is 131 Å². The molecule has 8 rings (SSSR count). The van der Waals surface area contributed by atoms with E-state index < -0.39 is 218 Å². The minimum Gasteiger partial charge on any atom is -0.481 e. The van der Waals surface area contributed by atoms with E-state index in [1.54, 1.807) is 48.8 Å². The summed E-state index contributed by atoms with van der Waals surface area (Å²) < 4.78 is 11.0. The fourth-order valence-electron chi connectivity index (χ4n) is 17.9. The molecule has 3 aromatic rings. The average Bonchev–Trinajstić information content (AvgIpc) is 1.63. The first-order chi connectivity index (χ1) is 71.2. The number of carbonyl (C=O) groups is 19. The number of benzene rings is 1. The van der Waals surface area contributed by atoms with Gasteiger partial charge in [-0.2, -0.15) is 0 Å². The Morgan fingerprint density at radius 3 is 1.80 bits per heavy atom. The summed E-state index contributed by atoms with van der Waals surface area (Å²) in [4.78, 5) is 279. The maximum absolute atomic E-state index is 15.6. The summed E-state index contributed by atoms with van der Waals surface area (Å²) in [6.45, 7) is -1.10. The SMILES string of the molecule is CC(=O)N[C@H]1CCNC(=O)C[C@@H](C(=O)N2CCC[C@H]2C(=O)N2CCC[C@H]2C(=O)N[C@@H](CC2=CCC=N2)C(=O)N[C@@H](CCC(=O)O)C(=O)N[C@@H](CCCCN(CC(=O)O)CC(=O)O)C(=O)N[C@@H](CCCCNC(=O)COCCOCCNC(=O)CCCCCCCCCCCCCCCc2nnn[nH]2)C(N)=O)NC(=O)[C@H](Cc2c[nH]c3ccccc23)NC(=O)[C@H](CCCNC(=N)N)NC(=O)CNC(=O)[C@H](CC2=CCC=N2)NC1=O. The number of para-hydroxylation sites is 1. The van der Waals surface area contributed by atoms with Crippen LogP contribution in [0.25, 0.3) is 10.9 Å². The highest BCUT2D eigenvalue weighted by molar-refractivity contribution is 6.02. The number of carbonyl (C=O) groups excluding carboxylic acids is 16. The number of H-pyrrole nitrogens is 2. The highest BCUT2D eigenvalue weighted by Gasteiger charge is 2.46. The van der Waals surface area contributed by atoms with Gasteiger partial charge in [0.25, 0.3) is 0 Å². The van der Waals surface area contributed by atoms with Crippen molar-refractivity contribution in [3.63, 3.8) is 0 Å². The number of aromatic nitrogens is 5. The van der Waals surface area contributed by atoms with Crippen molar-refractivity contribution < 1.29 is 116 Å². The Morgan fingerprint density at radius 2 is 1.15 bits per heavy atom. The van der Waals surface area contributed by atoms with Crippen molar-refractivity contribution >= 4 is 142 Å². The zero-order valence-corrected chi connectivity index (χ0v) is 84.0. The number of aryl methyl sites for hydroxylation is 1. The van der Waals surface area contributed by atoms with Crippen LogP contribution in [0, 0.1) is 5.41 Å². The number of amides is 16. The summed E-state index contributed by atoms with van der Waals surface area (Å²) in [5.41, 5.74) is 13.2. The number of likely N-dealkylation sites (tertiary alicyclic amines) is 2. The second-order valence-corrected chi connectivity index (χ2v) is 37.3. The molecule has 24 N–H and O–H groups in total. The Hall–Kier alpha value is -14.3. The maximum Gasteiger partial charge on any atom is 0.317 e. The molecule has 5 aliphatic heterocycles. The lowest BCUT2D eigenvalue weighted by Gasteiger charge is -2.33. The van der Waals surface area contributed by atoms with Gasteiger partial charge in [0.1, 0.15) is 78.9 Å². The minimum atomic E-state index is -1.87. The predicted molar refractivity (Wildman–Crippen MR) is 536 cm³/mol. The number of hydrogen-bond donors (Lipinski definition) is 22. The second kappa shape index (κ2) is 65.4. The molecule has 11 atom stereocenters. The van der Waals surface area contributed by atoms with Gasteiger partial charge in [-0.3, -0.25) is 111 Å². The molecule has 1 aromatic carbocycles. The van der Waals surface area contributed by atoms with Gasteiger partial charge in [-0.15, -0.1) is 5.10 Å². The Morgan fingerprint density at radius 1 is 0.554 bits per heavy atom. The summed E-state index contributed by atoms with van der Waals surface area (Å²) in [6, 6.07) is -10.0. The van der Waals surface area contributed by atoms with Gasteiger partial charge in [-0.1, -0.05) is 101 Å². The van der Waals surface area contributed by atoms with Crippen molar-refractivity contribution in [3.8, 4) is 0 Å². The van der Waals surface area contributed by atoms with E-state index in [-0.39, 0.29) is 180 Å². The van der Waals surface area contributed by atoms with Gasteiger partial charge < -0.3 is 125 Å². The number of rotatable bonds is 63. The molecule has 148 heavy (non-hydrogen) atoms. The summed E-state index contributed by atoms with van der Waals surface area (Å²) in [5, 5.41) is 88.1. The number of guanidine groups is 1. The Balaban J connectivity index is 0.898. The number of aliphatic carboxylic acids is 3. The predicted octanol–water partition coefficient (Wildman–Crippen LogP) is -1.49. The number of aromatic amines is 2. The fraction of sp³-hybridized carbons (Fsp3) is 0.639. The van der Waals surface area contributed by atoms with Gasteiger partial charge in [0.15, 0.2) is 5.96 Å². The number of fused-ring (bicyclic) bond motifs is 1. The highest BCUT2D eigenvalue weighted by atomic mass is 16.5. The Labute approximate surface area is 857 Å². The van der Waals surface area contributed by atoms with E-state index in [9.17, 15) is 87.2 Å². The zero-order chi connectivity index (χ0) is 107. The first-order valence-corrected chi connectivity index (χ1v) is 51.2. The Kier molecular flexibility index (Phi) is 52.5. The molecule has 5 aliphatic rings. The lowest BCUT2D eigenvalue weighted by Crippen LogP contribution is -2.60. The van der Waals surface area contributed by atoms with Gasteiger partial charge in [-0.25, -0.2) is 5.10 Å². The maximum atomic E-state index is 15.6. The molecule has 2 aromatic heterocycles. The van der Waals surface area contributed by atoms with E-state index in [1.807, 2.05) is 0 Å². The van der Waals surface area contributed by atoms with E-state index in [4.69, 9.17) is 26.4 Å². The number of ether oxygens (including phenoxy) is 2.